The standard InChI is InChI=1S/C14H15NO4S2.Na/c1-2-19-13(18)9(7-12(16)17)8-20-14-15-10-5-3-4-6-11(10)21-14;/h3-6,9H,2,7-8H2,1H3,(H,16,17);/q;+1/p-1. The number of carbonyl (C=O) groups excluding carboxylic acids is 2. The van der Waals surface area contributed by atoms with Crippen LogP contribution >= 0.6 is 23.1 Å². The van der Waals surface area contributed by atoms with Gasteiger partial charge in [-0.25, -0.2) is 4.98 Å². The molecule has 0 N–H and O–H groups in total. The number of rotatable bonds is 7. The quantitative estimate of drug-likeness (QED) is 0.352. The molecule has 0 saturated carbocycles. The predicted molar refractivity (Wildman–Crippen MR) is 80.1 cm³/mol. The maximum absolute atomic E-state index is 11.7. The molecule has 0 bridgehead atoms. The summed E-state index contributed by atoms with van der Waals surface area (Å²) in [7, 11) is 0. The molecule has 0 amide bonds. The van der Waals surface area contributed by atoms with Gasteiger partial charge in [0.1, 0.15) is 0 Å². The minimum Gasteiger partial charge on any atom is -0.550 e. The van der Waals surface area contributed by atoms with Crippen molar-refractivity contribution in [3.05, 3.63) is 24.3 Å². The first-order chi connectivity index (χ1) is 10.1. The number of esters is 1. The third kappa shape index (κ3) is 5.55. The normalized spacial score (nSPS) is 11.7. The van der Waals surface area contributed by atoms with Crippen LogP contribution < -0.4 is 34.7 Å². The fraction of sp³-hybridized carbons (Fsp3) is 0.357. The van der Waals surface area contributed by atoms with Gasteiger partial charge in [0.25, 0.3) is 0 Å². The van der Waals surface area contributed by atoms with Crippen LogP contribution in [0, 0.1) is 5.92 Å². The summed E-state index contributed by atoms with van der Waals surface area (Å²) in [4.78, 5) is 26.9. The molecule has 1 aromatic carbocycles. The molecule has 2 aromatic rings. The van der Waals surface area contributed by atoms with Crippen LogP contribution in [0.15, 0.2) is 28.6 Å². The molecule has 0 saturated heterocycles. The Balaban J connectivity index is 0.00000242. The van der Waals surface area contributed by atoms with Gasteiger partial charge < -0.3 is 14.6 Å². The minimum atomic E-state index is -1.25. The van der Waals surface area contributed by atoms with Crippen LogP contribution in [-0.4, -0.2) is 29.3 Å². The molecule has 0 aliphatic heterocycles. The summed E-state index contributed by atoms with van der Waals surface area (Å²) < 4.78 is 6.76. The molecule has 0 aliphatic carbocycles. The molecule has 1 heterocycles. The number of fused-ring (bicyclic) bond motifs is 1. The number of ether oxygens (including phenoxy) is 1. The fourth-order valence-corrected chi connectivity index (χ4v) is 3.92. The first-order valence-electron chi connectivity index (χ1n) is 6.45. The second-order valence-corrected chi connectivity index (χ2v) is 6.58. The Morgan fingerprint density at radius 1 is 1.41 bits per heavy atom. The van der Waals surface area contributed by atoms with Crippen molar-refractivity contribution in [2.75, 3.05) is 12.4 Å². The van der Waals surface area contributed by atoms with Crippen molar-refractivity contribution in [3.63, 3.8) is 0 Å². The molecule has 8 heteroatoms. The van der Waals surface area contributed by atoms with E-state index in [2.05, 4.69) is 4.98 Å². The molecule has 1 aromatic heterocycles. The van der Waals surface area contributed by atoms with Gasteiger partial charge in [0.2, 0.25) is 0 Å². The number of aliphatic carboxylic acids is 1. The largest absolute Gasteiger partial charge is 1.00 e. The summed E-state index contributed by atoms with van der Waals surface area (Å²) in [5.41, 5.74) is 0.901. The first kappa shape index (κ1) is 19.4. The number of aromatic nitrogens is 1. The van der Waals surface area contributed by atoms with Crippen molar-refractivity contribution in [1.29, 1.82) is 0 Å². The molecule has 2 rings (SSSR count). The number of carboxylic acid groups (broad SMARTS) is 1. The van der Waals surface area contributed by atoms with Crippen molar-refractivity contribution in [2.24, 2.45) is 5.92 Å². The van der Waals surface area contributed by atoms with Crippen LogP contribution in [0.4, 0.5) is 0 Å². The number of para-hydroxylation sites is 1. The first-order valence-corrected chi connectivity index (χ1v) is 8.25. The van der Waals surface area contributed by atoms with E-state index in [4.69, 9.17) is 4.74 Å². The zero-order valence-electron chi connectivity index (χ0n) is 12.4. The Labute approximate surface area is 158 Å². The van der Waals surface area contributed by atoms with E-state index in [1.165, 1.54) is 23.1 Å². The molecule has 0 aliphatic rings. The van der Waals surface area contributed by atoms with E-state index < -0.39 is 17.9 Å². The van der Waals surface area contributed by atoms with Crippen molar-refractivity contribution in [2.45, 2.75) is 17.7 Å². The van der Waals surface area contributed by atoms with Crippen molar-refractivity contribution < 1.29 is 49.0 Å². The molecule has 0 spiro atoms. The third-order valence-corrected chi connectivity index (χ3v) is 5.06. The molecule has 112 valence electrons. The minimum absolute atomic E-state index is 0. The van der Waals surface area contributed by atoms with E-state index in [1.54, 1.807) is 6.92 Å². The molecule has 1 atom stereocenters. The van der Waals surface area contributed by atoms with Gasteiger partial charge in [-0.2, -0.15) is 0 Å². The van der Waals surface area contributed by atoms with Gasteiger partial charge in [0.15, 0.2) is 4.34 Å². The zero-order valence-corrected chi connectivity index (χ0v) is 16.0. The van der Waals surface area contributed by atoms with E-state index in [-0.39, 0.29) is 42.6 Å². The van der Waals surface area contributed by atoms with Gasteiger partial charge >= 0.3 is 35.5 Å². The third-order valence-electron chi connectivity index (χ3n) is 2.72. The number of benzene rings is 1. The maximum Gasteiger partial charge on any atom is 1.00 e. The van der Waals surface area contributed by atoms with Crippen LogP contribution in [0.3, 0.4) is 0 Å². The van der Waals surface area contributed by atoms with Gasteiger partial charge in [-0.05, 0) is 19.1 Å². The Hall–Kier alpha value is -0.600. The van der Waals surface area contributed by atoms with Crippen LogP contribution in [0.5, 0.6) is 0 Å². The Kier molecular flexibility index (Phi) is 8.41. The topological polar surface area (TPSA) is 79.3 Å². The van der Waals surface area contributed by atoms with Crippen molar-refractivity contribution in [1.82, 2.24) is 4.98 Å². The molecule has 22 heavy (non-hydrogen) atoms. The van der Waals surface area contributed by atoms with Crippen LogP contribution in [0.1, 0.15) is 13.3 Å². The summed E-state index contributed by atoms with van der Waals surface area (Å²) in [5.74, 6) is -2.16. The smallest absolute Gasteiger partial charge is 0.550 e. The van der Waals surface area contributed by atoms with Crippen molar-refractivity contribution in [3.8, 4) is 0 Å². The Morgan fingerprint density at radius 2 is 2.14 bits per heavy atom. The summed E-state index contributed by atoms with van der Waals surface area (Å²) in [6, 6.07) is 7.74. The number of carbonyl (C=O) groups is 2. The fourth-order valence-electron chi connectivity index (χ4n) is 1.76. The van der Waals surface area contributed by atoms with Gasteiger partial charge in [-0.1, -0.05) is 23.9 Å². The van der Waals surface area contributed by atoms with Crippen LogP contribution in [0.2, 0.25) is 0 Å². The van der Waals surface area contributed by atoms with Gasteiger partial charge in [0, 0.05) is 18.1 Å². The summed E-state index contributed by atoms with van der Waals surface area (Å²) in [6.45, 7) is 1.92. The number of hydrogen-bond donors (Lipinski definition) is 0. The van der Waals surface area contributed by atoms with Gasteiger partial charge in [0.05, 0.1) is 22.7 Å². The SMILES string of the molecule is CCOC(=O)C(CSc1nc2ccccc2s1)CC(=O)[O-].[Na+]. The number of thiazole rings is 1. The van der Waals surface area contributed by atoms with E-state index in [0.717, 1.165) is 14.6 Å². The average molecular weight is 347 g/mol. The van der Waals surface area contributed by atoms with E-state index in [1.807, 2.05) is 24.3 Å². The summed E-state index contributed by atoms with van der Waals surface area (Å²) in [5, 5.41) is 10.7. The van der Waals surface area contributed by atoms with E-state index in [9.17, 15) is 14.7 Å². The second-order valence-electron chi connectivity index (χ2n) is 4.28. The summed E-state index contributed by atoms with van der Waals surface area (Å²) in [6.07, 6.45) is -0.337. The predicted octanol–water partition coefficient (Wildman–Crippen LogP) is -1.29. The number of thioether (sulfide) groups is 1. The zero-order chi connectivity index (χ0) is 15.2. The van der Waals surface area contributed by atoms with Gasteiger partial charge in [-0.15, -0.1) is 11.3 Å². The molecule has 0 radical (unpaired) electrons. The van der Waals surface area contributed by atoms with Crippen molar-refractivity contribution >= 4 is 45.3 Å². The van der Waals surface area contributed by atoms with Crippen LogP contribution in [0.25, 0.3) is 10.2 Å². The van der Waals surface area contributed by atoms with E-state index in [0.29, 0.717) is 5.75 Å². The monoisotopic (exact) mass is 347 g/mol. The number of hydrogen-bond acceptors (Lipinski definition) is 7. The molecule has 0 fully saturated rings. The van der Waals surface area contributed by atoms with Crippen LogP contribution in [-0.2, 0) is 14.3 Å². The maximum atomic E-state index is 11.7. The average Bonchev–Trinajstić information content (AvgIpc) is 2.86. The second kappa shape index (κ2) is 9.52. The molecular weight excluding hydrogens is 333 g/mol. The van der Waals surface area contributed by atoms with E-state index >= 15 is 0 Å². The van der Waals surface area contributed by atoms with Gasteiger partial charge in [-0.3, -0.25) is 4.79 Å². The Bertz CT molecular complexity index is 614. The number of carboxylic acids is 1. The molecule has 1 unspecified atom stereocenters. The summed E-state index contributed by atoms with van der Waals surface area (Å²) >= 11 is 2.89. The number of nitrogens with zero attached hydrogens (tertiary/aromatic N) is 1. The molecule has 5 nitrogen and oxygen atoms in total. The Morgan fingerprint density at radius 3 is 2.77 bits per heavy atom. The molecular formula is C14H14NNaO4S2.